The summed E-state index contributed by atoms with van der Waals surface area (Å²) in [6, 6.07) is 6.28. The van der Waals surface area contributed by atoms with Crippen molar-refractivity contribution in [2.24, 2.45) is 0 Å². The predicted octanol–water partition coefficient (Wildman–Crippen LogP) is 6.04. The molecule has 0 aliphatic heterocycles. The highest BCUT2D eigenvalue weighted by atomic mass is 14.5. The molecule has 0 aliphatic carbocycles. The second kappa shape index (κ2) is 10.8. The summed E-state index contributed by atoms with van der Waals surface area (Å²) in [7, 11) is 0. The minimum atomic E-state index is 0.901. The average Bonchev–Trinajstić information content (AvgIpc) is 2.44. The molecule has 0 spiro atoms. The first kappa shape index (κ1) is 17.1. The monoisotopic (exact) mass is 275 g/mol. The van der Waals surface area contributed by atoms with E-state index >= 15 is 0 Å². The number of nitrogens with two attached hydrogens (primary N) is 1. The highest BCUT2D eigenvalue weighted by molar-refractivity contribution is 5.44. The molecule has 0 radical (unpaired) electrons. The first-order valence-electron chi connectivity index (χ1n) is 8.59. The molecule has 0 aromatic heterocycles. The van der Waals surface area contributed by atoms with Crippen LogP contribution in [0.5, 0.6) is 0 Å². The van der Waals surface area contributed by atoms with Crippen molar-refractivity contribution in [3.63, 3.8) is 0 Å². The maximum atomic E-state index is 5.85. The van der Waals surface area contributed by atoms with E-state index in [4.69, 9.17) is 5.73 Å². The topological polar surface area (TPSA) is 26.0 Å². The van der Waals surface area contributed by atoms with Gasteiger partial charge in [-0.25, -0.2) is 0 Å². The van der Waals surface area contributed by atoms with E-state index in [1.807, 2.05) is 6.07 Å². The van der Waals surface area contributed by atoms with Crippen molar-refractivity contribution in [3.05, 3.63) is 29.3 Å². The molecule has 1 aromatic carbocycles. The number of aryl methyl sites for hydroxylation is 2. The Hall–Kier alpha value is -0.980. The summed E-state index contributed by atoms with van der Waals surface area (Å²) in [6.45, 7) is 4.47. The Balaban J connectivity index is 1.98. The van der Waals surface area contributed by atoms with Crippen LogP contribution in [0.25, 0.3) is 0 Å². The maximum absolute atomic E-state index is 5.85. The molecule has 1 rings (SSSR count). The standard InChI is InChI=1S/C19H33N/c1-3-4-5-6-7-8-9-10-11-12-13-18-16-19(20)15-14-17(18)2/h14-16H,3-13,20H2,1-2H3. The third-order valence-electron chi connectivity index (χ3n) is 4.17. The fraction of sp³-hybridized carbons (Fsp3) is 0.684. The van der Waals surface area contributed by atoms with Crippen molar-refractivity contribution in [2.75, 3.05) is 5.73 Å². The van der Waals surface area contributed by atoms with E-state index in [1.54, 1.807) is 0 Å². The van der Waals surface area contributed by atoms with Gasteiger partial charge in [-0.2, -0.15) is 0 Å². The van der Waals surface area contributed by atoms with Gasteiger partial charge in [0.2, 0.25) is 0 Å². The maximum Gasteiger partial charge on any atom is 0.0316 e. The first-order valence-corrected chi connectivity index (χ1v) is 8.59. The first-order chi connectivity index (χ1) is 9.74. The zero-order valence-electron chi connectivity index (χ0n) is 13.6. The SMILES string of the molecule is CCCCCCCCCCCCc1cc(N)ccc1C. The van der Waals surface area contributed by atoms with Gasteiger partial charge in [-0.05, 0) is 43.0 Å². The molecule has 2 N–H and O–H groups in total. The molecule has 0 atom stereocenters. The van der Waals surface area contributed by atoms with E-state index in [9.17, 15) is 0 Å². The van der Waals surface area contributed by atoms with Gasteiger partial charge in [0.25, 0.3) is 0 Å². The van der Waals surface area contributed by atoms with E-state index in [2.05, 4.69) is 26.0 Å². The molecule has 0 saturated carbocycles. The summed E-state index contributed by atoms with van der Waals surface area (Å²) < 4.78 is 0. The number of unbranched alkanes of at least 4 members (excludes halogenated alkanes) is 9. The largest absolute Gasteiger partial charge is 0.399 e. The smallest absolute Gasteiger partial charge is 0.0316 e. The number of hydrogen-bond donors (Lipinski definition) is 1. The van der Waals surface area contributed by atoms with Gasteiger partial charge in [-0.1, -0.05) is 70.8 Å². The van der Waals surface area contributed by atoms with Crippen molar-refractivity contribution in [1.29, 1.82) is 0 Å². The quantitative estimate of drug-likeness (QED) is 0.386. The summed E-state index contributed by atoms with van der Waals surface area (Å²) in [5.41, 5.74) is 9.57. The van der Waals surface area contributed by atoms with Crippen molar-refractivity contribution >= 4 is 5.69 Å². The van der Waals surface area contributed by atoms with Crippen LogP contribution in [0, 0.1) is 6.92 Å². The molecular weight excluding hydrogens is 242 g/mol. The molecule has 1 nitrogen and oxygen atoms in total. The van der Waals surface area contributed by atoms with E-state index < -0.39 is 0 Å². The fourth-order valence-corrected chi connectivity index (χ4v) is 2.76. The van der Waals surface area contributed by atoms with Crippen molar-refractivity contribution < 1.29 is 0 Å². The number of anilines is 1. The van der Waals surface area contributed by atoms with E-state index in [1.165, 1.54) is 81.8 Å². The Kier molecular flexibility index (Phi) is 9.19. The lowest BCUT2D eigenvalue weighted by Gasteiger charge is -2.07. The fourth-order valence-electron chi connectivity index (χ4n) is 2.76. The van der Waals surface area contributed by atoms with Crippen molar-refractivity contribution in [1.82, 2.24) is 0 Å². The minimum Gasteiger partial charge on any atom is -0.399 e. The van der Waals surface area contributed by atoms with Gasteiger partial charge in [0.05, 0.1) is 0 Å². The summed E-state index contributed by atoms with van der Waals surface area (Å²) >= 11 is 0. The zero-order chi connectivity index (χ0) is 14.6. The van der Waals surface area contributed by atoms with Crippen LogP contribution in [0.1, 0.15) is 82.3 Å². The van der Waals surface area contributed by atoms with Gasteiger partial charge in [0.15, 0.2) is 0 Å². The highest BCUT2D eigenvalue weighted by Gasteiger charge is 1.99. The van der Waals surface area contributed by atoms with Crippen LogP contribution in [-0.2, 0) is 6.42 Å². The molecule has 114 valence electrons. The summed E-state index contributed by atoms with van der Waals surface area (Å²) in [4.78, 5) is 0. The lowest BCUT2D eigenvalue weighted by atomic mass is 10.0. The van der Waals surface area contributed by atoms with Gasteiger partial charge in [0, 0.05) is 5.69 Å². The Labute approximate surface area is 126 Å². The van der Waals surface area contributed by atoms with Gasteiger partial charge < -0.3 is 5.73 Å². The van der Waals surface area contributed by atoms with Crippen molar-refractivity contribution in [2.45, 2.75) is 84.5 Å². The average molecular weight is 275 g/mol. The normalized spacial score (nSPS) is 10.9. The second-order valence-electron chi connectivity index (χ2n) is 6.12. The van der Waals surface area contributed by atoms with Crippen molar-refractivity contribution in [3.8, 4) is 0 Å². The summed E-state index contributed by atoms with van der Waals surface area (Å²) in [6.07, 6.45) is 15.2. The molecule has 0 fully saturated rings. The van der Waals surface area contributed by atoms with Gasteiger partial charge in [0.1, 0.15) is 0 Å². The van der Waals surface area contributed by atoms with E-state index in [0.29, 0.717) is 0 Å². The Morgan fingerprint density at radius 3 is 1.95 bits per heavy atom. The van der Waals surface area contributed by atoms with Crippen LogP contribution in [0.2, 0.25) is 0 Å². The zero-order valence-corrected chi connectivity index (χ0v) is 13.6. The summed E-state index contributed by atoms with van der Waals surface area (Å²) in [5, 5.41) is 0. The Morgan fingerprint density at radius 1 is 0.800 bits per heavy atom. The van der Waals surface area contributed by atoms with Crippen LogP contribution >= 0.6 is 0 Å². The number of hydrogen-bond acceptors (Lipinski definition) is 1. The van der Waals surface area contributed by atoms with Crippen LogP contribution in [0.4, 0.5) is 5.69 Å². The number of nitrogen functional groups attached to an aromatic ring is 1. The molecule has 0 heterocycles. The Bertz CT molecular complexity index is 357. The predicted molar refractivity (Wildman–Crippen MR) is 91.1 cm³/mol. The van der Waals surface area contributed by atoms with Crippen LogP contribution in [0.3, 0.4) is 0 Å². The van der Waals surface area contributed by atoms with Crippen LogP contribution in [-0.4, -0.2) is 0 Å². The molecule has 1 aromatic rings. The molecule has 0 unspecified atom stereocenters. The highest BCUT2D eigenvalue weighted by Crippen LogP contribution is 2.17. The van der Waals surface area contributed by atoms with E-state index in [-0.39, 0.29) is 0 Å². The Morgan fingerprint density at radius 2 is 1.35 bits per heavy atom. The second-order valence-corrected chi connectivity index (χ2v) is 6.12. The van der Waals surface area contributed by atoms with E-state index in [0.717, 1.165) is 5.69 Å². The number of benzene rings is 1. The molecular formula is C19H33N. The minimum absolute atomic E-state index is 0.901. The lowest BCUT2D eigenvalue weighted by Crippen LogP contribution is -1.93. The lowest BCUT2D eigenvalue weighted by molar-refractivity contribution is 0.556. The number of rotatable bonds is 11. The third kappa shape index (κ3) is 7.57. The molecule has 1 heteroatoms. The summed E-state index contributed by atoms with van der Waals surface area (Å²) in [5.74, 6) is 0. The van der Waals surface area contributed by atoms with Crippen LogP contribution < -0.4 is 5.73 Å². The van der Waals surface area contributed by atoms with Crippen LogP contribution in [0.15, 0.2) is 18.2 Å². The van der Waals surface area contributed by atoms with Gasteiger partial charge >= 0.3 is 0 Å². The van der Waals surface area contributed by atoms with Gasteiger partial charge in [-0.3, -0.25) is 0 Å². The molecule has 0 saturated heterocycles. The molecule has 0 bridgehead atoms. The molecule has 0 aliphatic rings. The van der Waals surface area contributed by atoms with Gasteiger partial charge in [-0.15, -0.1) is 0 Å². The third-order valence-corrected chi connectivity index (χ3v) is 4.17. The molecule has 0 amide bonds. The molecule has 20 heavy (non-hydrogen) atoms.